The maximum Gasteiger partial charge on any atom is 0.134 e. The Labute approximate surface area is 115 Å². The molecule has 0 bridgehead atoms. The van der Waals surface area contributed by atoms with Gasteiger partial charge in [-0.1, -0.05) is 48.4 Å². The van der Waals surface area contributed by atoms with Crippen LogP contribution < -0.4 is 5.73 Å². The van der Waals surface area contributed by atoms with Crippen molar-refractivity contribution in [3.63, 3.8) is 0 Å². The smallest absolute Gasteiger partial charge is 0.134 e. The quantitative estimate of drug-likeness (QED) is 0.684. The fourth-order valence-corrected chi connectivity index (χ4v) is 1.63. The van der Waals surface area contributed by atoms with E-state index in [-0.39, 0.29) is 22.4 Å². The summed E-state index contributed by atoms with van der Waals surface area (Å²) >= 11 is 5.84. The summed E-state index contributed by atoms with van der Waals surface area (Å²) in [6, 6.07) is 7.51. The summed E-state index contributed by atoms with van der Waals surface area (Å²) in [5.41, 5.74) is 8.31. The number of aryl methyl sites for hydroxylation is 1. The van der Waals surface area contributed by atoms with Gasteiger partial charge < -0.3 is 15.7 Å². The average Bonchev–Trinajstić information content (AvgIpc) is 2.30. The Morgan fingerprint density at radius 1 is 1.29 bits per heavy atom. The van der Waals surface area contributed by atoms with Gasteiger partial charge in [-0.15, -0.1) is 5.56 Å². The van der Waals surface area contributed by atoms with Crippen LogP contribution in [-0.2, 0) is 22.9 Å². The molecule has 1 aromatic carbocycles. The molecule has 0 saturated heterocycles. The number of halogens is 1. The predicted molar refractivity (Wildman–Crippen MR) is 65.1 cm³/mol. The van der Waals surface area contributed by atoms with Gasteiger partial charge in [-0.05, 0) is 18.3 Å². The van der Waals surface area contributed by atoms with E-state index in [1.807, 2.05) is 31.2 Å². The number of hydrogen-bond acceptors (Lipinski definition) is 3. The van der Waals surface area contributed by atoms with Crippen LogP contribution >= 0.6 is 11.6 Å². The number of aromatic nitrogens is 2. The van der Waals surface area contributed by atoms with Gasteiger partial charge in [0.1, 0.15) is 5.95 Å². The van der Waals surface area contributed by atoms with Crippen LogP contribution in [0.3, 0.4) is 0 Å². The number of anilines is 1. The van der Waals surface area contributed by atoms with Gasteiger partial charge in [0.2, 0.25) is 0 Å². The third-order valence-electron chi connectivity index (χ3n) is 2.29. The molecule has 92 valence electrons. The molecule has 0 amide bonds. The predicted octanol–water partition coefficient (Wildman–Crippen LogP) is 2.74. The molecular formula is C12H11ClN3Ni-. The SMILES string of the molecule is CCc1nc(N)n[c-]c1-c1ccc(Cl)cc1.[Ni]. The maximum atomic E-state index is 5.84. The van der Waals surface area contributed by atoms with E-state index in [1.165, 1.54) is 0 Å². The standard InChI is InChI=1S/C12H11ClN3.Ni/c1-2-11-10(7-15-12(14)16-11)8-3-5-9(13)6-4-8;/h3-6H,2H2,1H3,(H2,14,15,16);/q-1;. The molecule has 5 heteroatoms. The largest absolute Gasteiger partial charge is 0.406 e. The number of rotatable bonds is 2. The molecule has 17 heavy (non-hydrogen) atoms. The van der Waals surface area contributed by atoms with Crippen LogP contribution in [0.25, 0.3) is 11.1 Å². The van der Waals surface area contributed by atoms with Gasteiger partial charge in [0.25, 0.3) is 0 Å². The molecule has 0 radical (unpaired) electrons. The van der Waals surface area contributed by atoms with Gasteiger partial charge in [0, 0.05) is 21.5 Å². The zero-order valence-corrected chi connectivity index (χ0v) is 10.9. The average molecular weight is 291 g/mol. The Bertz CT molecular complexity index is 500. The van der Waals surface area contributed by atoms with E-state index in [4.69, 9.17) is 17.3 Å². The van der Waals surface area contributed by atoms with Crippen LogP contribution in [0.4, 0.5) is 5.95 Å². The van der Waals surface area contributed by atoms with Crippen molar-refractivity contribution in [1.29, 1.82) is 0 Å². The molecule has 0 aliphatic carbocycles. The summed E-state index contributed by atoms with van der Waals surface area (Å²) in [7, 11) is 0. The molecule has 1 aromatic heterocycles. The van der Waals surface area contributed by atoms with Crippen molar-refractivity contribution in [3.05, 3.63) is 41.2 Å². The Balaban J connectivity index is 0.00000144. The summed E-state index contributed by atoms with van der Waals surface area (Å²) in [5, 5.41) is 0.707. The van der Waals surface area contributed by atoms with E-state index in [0.29, 0.717) is 5.02 Å². The maximum absolute atomic E-state index is 5.84. The summed E-state index contributed by atoms with van der Waals surface area (Å²) < 4.78 is 0. The van der Waals surface area contributed by atoms with Crippen molar-refractivity contribution in [2.45, 2.75) is 13.3 Å². The van der Waals surface area contributed by atoms with Gasteiger partial charge in [-0.3, -0.25) is 0 Å². The van der Waals surface area contributed by atoms with Crippen molar-refractivity contribution in [3.8, 4) is 11.1 Å². The molecule has 2 aromatic rings. The number of benzene rings is 1. The van der Waals surface area contributed by atoms with Gasteiger partial charge >= 0.3 is 0 Å². The number of hydrogen-bond donors (Lipinski definition) is 1. The Morgan fingerprint density at radius 2 is 1.94 bits per heavy atom. The molecule has 0 unspecified atom stereocenters. The van der Waals surface area contributed by atoms with Crippen molar-refractivity contribution in [2.75, 3.05) is 5.73 Å². The molecule has 0 saturated carbocycles. The summed E-state index contributed by atoms with van der Waals surface area (Å²) in [4.78, 5) is 8.09. The summed E-state index contributed by atoms with van der Waals surface area (Å²) in [6.45, 7) is 2.02. The van der Waals surface area contributed by atoms with Crippen LogP contribution in [0.1, 0.15) is 12.6 Å². The van der Waals surface area contributed by atoms with Crippen LogP contribution in [0.2, 0.25) is 5.02 Å². The monoisotopic (exact) mass is 290 g/mol. The number of nitrogens with two attached hydrogens (primary N) is 1. The number of nitrogens with zero attached hydrogens (tertiary/aromatic N) is 2. The molecular weight excluding hydrogens is 280 g/mol. The van der Waals surface area contributed by atoms with Crippen molar-refractivity contribution in [2.24, 2.45) is 0 Å². The molecule has 0 fully saturated rings. The second kappa shape index (κ2) is 5.99. The van der Waals surface area contributed by atoms with Crippen molar-refractivity contribution in [1.82, 2.24) is 9.97 Å². The molecule has 0 spiro atoms. The van der Waals surface area contributed by atoms with Crippen molar-refractivity contribution < 1.29 is 16.5 Å². The van der Waals surface area contributed by atoms with Crippen molar-refractivity contribution >= 4 is 17.5 Å². The molecule has 3 nitrogen and oxygen atoms in total. The van der Waals surface area contributed by atoms with Gasteiger partial charge in [0.15, 0.2) is 0 Å². The van der Waals surface area contributed by atoms with E-state index in [2.05, 4.69) is 16.2 Å². The third-order valence-corrected chi connectivity index (χ3v) is 2.54. The van der Waals surface area contributed by atoms with Gasteiger partial charge in [-0.25, -0.2) is 0 Å². The molecule has 2 N–H and O–H groups in total. The van der Waals surface area contributed by atoms with E-state index in [0.717, 1.165) is 23.2 Å². The fourth-order valence-electron chi connectivity index (χ4n) is 1.50. The molecule has 0 atom stereocenters. The molecule has 2 rings (SSSR count). The van der Waals surface area contributed by atoms with E-state index in [1.54, 1.807) is 0 Å². The second-order valence-corrected chi connectivity index (χ2v) is 3.81. The van der Waals surface area contributed by atoms with E-state index in [9.17, 15) is 0 Å². The minimum atomic E-state index is 0. The van der Waals surface area contributed by atoms with E-state index >= 15 is 0 Å². The minimum Gasteiger partial charge on any atom is -0.406 e. The first-order valence-corrected chi connectivity index (χ1v) is 5.38. The zero-order valence-electron chi connectivity index (χ0n) is 9.18. The summed E-state index contributed by atoms with van der Waals surface area (Å²) in [6.07, 6.45) is 3.70. The van der Waals surface area contributed by atoms with Crippen LogP contribution in [0.5, 0.6) is 0 Å². The molecule has 0 aliphatic rings. The van der Waals surface area contributed by atoms with Crippen LogP contribution in [-0.4, -0.2) is 9.97 Å². The van der Waals surface area contributed by atoms with E-state index < -0.39 is 0 Å². The Morgan fingerprint density at radius 3 is 2.53 bits per heavy atom. The zero-order chi connectivity index (χ0) is 11.5. The first kappa shape index (κ1) is 13.9. The summed E-state index contributed by atoms with van der Waals surface area (Å²) in [5.74, 6) is 0.259. The molecule has 1 heterocycles. The Kier molecular flexibility index (Phi) is 4.91. The first-order chi connectivity index (χ1) is 7.70. The second-order valence-electron chi connectivity index (χ2n) is 3.38. The third kappa shape index (κ3) is 3.18. The van der Waals surface area contributed by atoms with Gasteiger partial charge in [0.05, 0.1) is 0 Å². The van der Waals surface area contributed by atoms with Gasteiger partial charge in [-0.2, -0.15) is 0 Å². The van der Waals surface area contributed by atoms with Crippen LogP contribution in [0.15, 0.2) is 24.3 Å². The number of nitrogen functional groups attached to an aromatic ring is 1. The van der Waals surface area contributed by atoms with Crippen LogP contribution in [0, 0.1) is 6.20 Å². The minimum absolute atomic E-state index is 0. The molecule has 0 aliphatic heterocycles. The normalized spacial score (nSPS) is 9.76. The Hall–Kier alpha value is -1.12. The fraction of sp³-hybridized carbons (Fsp3) is 0.167. The first-order valence-electron chi connectivity index (χ1n) is 5.00. The topological polar surface area (TPSA) is 51.8 Å².